The van der Waals surface area contributed by atoms with Gasteiger partial charge < -0.3 is 20.2 Å². The summed E-state index contributed by atoms with van der Waals surface area (Å²) in [4.78, 5) is 26.3. The lowest BCUT2D eigenvalue weighted by molar-refractivity contribution is -0.394. The van der Waals surface area contributed by atoms with Gasteiger partial charge in [0.1, 0.15) is 0 Å². The van der Waals surface area contributed by atoms with Crippen LogP contribution < -0.4 is 0 Å². The van der Waals surface area contributed by atoms with Gasteiger partial charge in [-0.3, -0.25) is 0 Å². The first-order valence-corrected chi connectivity index (χ1v) is 14.1. The maximum Gasteiger partial charge on any atom is 0.492 e. The Morgan fingerprint density at radius 3 is 1.10 bits per heavy atom. The normalized spacial score (nSPS) is 11.6. The van der Waals surface area contributed by atoms with Gasteiger partial charge >= 0.3 is 11.9 Å². The summed E-state index contributed by atoms with van der Waals surface area (Å²) in [6.45, 7) is 10.4. The minimum Gasteiger partial charge on any atom is -0.390 e. The Bertz CT molecular complexity index is 1680. The van der Waals surface area contributed by atoms with E-state index in [9.17, 15) is 37.1 Å². The molecule has 4 rings (SSSR count). The second-order valence-electron chi connectivity index (χ2n) is 8.81. The second-order valence-corrected chi connectivity index (χ2v) is 12.3. The number of hydrogen-bond donors (Lipinski definition) is 0. The lowest BCUT2D eigenvalue weighted by Gasteiger charge is -2.09. The molecule has 18 heteroatoms. The quantitative estimate of drug-likeness (QED) is 0.233. The van der Waals surface area contributed by atoms with Crippen molar-refractivity contribution in [3.8, 4) is 0 Å². The van der Waals surface area contributed by atoms with Crippen LogP contribution in [0, 0.1) is 61.8 Å². The van der Waals surface area contributed by atoms with E-state index in [1.54, 1.807) is 52.0 Å². The van der Waals surface area contributed by atoms with Gasteiger partial charge in [-0.15, -0.1) is 0 Å². The van der Waals surface area contributed by atoms with Crippen LogP contribution in [-0.4, -0.2) is 55.0 Å². The number of nitro groups is 2. The van der Waals surface area contributed by atoms with Crippen molar-refractivity contribution in [3.05, 3.63) is 90.5 Å². The summed E-state index contributed by atoms with van der Waals surface area (Å²) in [6.07, 6.45) is 1.65. The fourth-order valence-corrected chi connectivity index (χ4v) is 7.16. The fraction of sp³-hybridized carbons (Fsp3) is 0.273. The van der Waals surface area contributed by atoms with Crippen LogP contribution in [-0.2, 0) is 20.0 Å². The summed E-state index contributed by atoms with van der Waals surface area (Å²) in [5.41, 5.74) is 4.09. The lowest BCUT2D eigenvalue weighted by Crippen LogP contribution is -2.16. The predicted octanol–water partition coefficient (Wildman–Crippen LogP) is 2.70. The van der Waals surface area contributed by atoms with E-state index in [2.05, 4.69) is 20.2 Å². The van der Waals surface area contributed by atoms with Crippen LogP contribution in [0.3, 0.4) is 0 Å². The van der Waals surface area contributed by atoms with Gasteiger partial charge in [-0.05, 0) is 83.6 Å². The number of aryl methyl sites for hydroxylation is 6. The first kappa shape index (κ1) is 30.0. The molecule has 2 heterocycles. The number of aromatic nitrogens is 6. The molecule has 0 amide bonds. The third-order valence-electron chi connectivity index (χ3n) is 5.46. The Kier molecular flexibility index (Phi) is 8.16. The lowest BCUT2D eigenvalue weighted by atomic mass is 10.1. The Hall–Kier alpha value is -4.58. The monoisotopic (exact) mass is 592 g/mol. The number of benzene rings is 2. The number of nitrogens with zero attached hydrogens (tertiary/aromatic N) is 8. The second kappa shape index (κ2) is 10.9. The molecule has 4 aromatic rings. The molecule has 0 radical (unpaired) electrons. The van der Waals surface area contributed by atoms with E-state index in [4.69, 9.17) is 0 Å². The summed E-state index contributed by atoms with van der Waals surface area (Å²) in [7, 11) is -7.98. The SMILES string of the molecule is Cc1cc(C)c(S(=O)(=O)n2cnc([N+](=O)[O-])n2)c(C)c1.Cc1cc(C)c(S(=O)(=O)n2cnc([N+](=O)[O-])n2)c(C)c1. The maximum atomic E-state index is 12.5. The van der Waals surface area contributed by atoms with E-state index in [1.165, 1.54) is 0 Å². The zero-order valence-corrected chi connectivity index (χ0v) is 23.8. The zero-order chi connectivity index (χ0) is 30.2. The Morgan fingerprint density at radius 2 is 0.875 bits per heavy atom. The zero-order valence-electron chi connectivity index (χ0n) is 22.1. The Morgan fingerprint density at radius 1 is 0.600 bits per heavy atom. The van der Waals surface area contributed by atoms with Crippen molar-refractivity contribution in [3.63, 3.8) is 0 Å². The van der Waals surface area contributed by atoms with Gasteiger partial charge in [-0.25, -0.2) is 0 Å². The average molecular weight is 593 g/mol. The molecule has 0 N–H and O–H groups in total. The van der Waals surface area contributed by atoms with Crippen molar-refractivity contribution in [1.29, 1.82) is 0 Å². The van der Waals surface area contributed by atoms with Gasteiger partial charge in [0.05, 0.1) is 9.79 Å². The highest BCUT2D eigenvalue weighted by Crippen LogP contribution is 2.25. The van der Waals surface area contributed by atoms with Crippen molar-refractivity contribution >= 4 is 31.9 Å². The minimum absolute atomic E-state index is 0.0860. The molecule has 40 heavy (non-hydrogen) atoms. The molecule has 0 spiro atoms. The molecule has 0 atom stereocenters. The van der Waals surface area contributed by atoms with Crippen molar-refractivity contribution in [2.45, 2.75) is 51.3 Å². The number of rotatable bonds is 6. The molecule has 0 aliphatic rings. The third kappa shape index (κ3) is 5.86. The van der Waals surface area contributed by atoms with Crippen molar-refractivity contribution < 1.29 is 26.7 Å². The minimum atomic E-state index is -3.99. The van der Waals surface area contributed by atoms with Crippen molar-refractivity contribution in [1.82, 2.24) is 28.3 Å². The van der Waals surface area contributed by atoms with E-state index < -0.39 is 41.8 Å². The summed E-state index contributed by atoms with van der Waals surface area (Å²) in [5.74, 6) is -1.51. The molecule has 212 valence electrons. The molecule has 2 aromatic carbocycles. The van der Waals surface area contributed by atoms with Gasteiger partial charge in [0.2, 0.25) is 12.7 Å². The summed E-state index contributed by atoms with van der Waals surface area (Å²) in [5, 5.41) is 27.8. The van der Waals surface area contributed by atoms with Crippen LogP contribution in [0.5, 0.6) is 0 Å². The van der Waals surface area contributed by atoms with Crippen LogP contribution in [0.4, 0.5) is 11.9 Å². The number of hydrogen-bond acceptors (Lipinski definition) is 12. The standard InChI is InChI=1S/2C11H12N4O4S/c2*1-7-4-8(2)10(9(3)5-7)20(18,19)14-6-12-11(13-14)15(16)17/h2*4-6H,1-3H3. The van der Waals surface area contributed by atoms with E-state index in [1.807, 2.05) is 13.8 Å². The predicted molar refractivity (Wildman–Crippen MR) is 140 cm³/mol. The smallest absolute Gasteiger partial charge is 0.390 e. The third-order valence-corrected chi connectivity index (χ3v) is 9.12. The summed E-state index contributed by atoms with van der Waals surface area (Å²) in [6, 6.07) is 6.91. The maximum absolute atomic E-state index is 12.5. The van der Waals surface area contributed by atoms with Crippen LogP contribution in [0.2, 0.25) is 0 Å². The molecule has 0 unspecified atom stereocenters. The highest BCUT2D eigenvalue weighted by atomic mass is 32.2. The summed E-state index contributed by atoms with van der Waals surface area (Å²) < 4.78 is 50.9. The molecule has 0 fully saturated rings. The van der Waals surface area contributed by atoms with Crippen LogP contribution >= 0.6 is 0 Å². The molecular weight excluding hydrogens is 568 g/mol. The molecule has 0 saturated heterocycles. The van der Waals surface area contributed by atoms with Gasteiger partial charge in [0.25, 0.3) is 20.0 Å². The molecule has 16 nitrogen and oxygen atoms in total. The van der Waals surface area contributed by atoms with Crippen LogP contribution in [0.1, 0.15) is 33.4 Å². The van der Waals surface area contributed by atoms with Gasteiger partial charge in [-0.1, -0.05) is 43.6 Å². The summed E-state index contributed by atoms with van der Waals surface area (Å²) >= 11 is 0. The van der Waals surface area contributed by atoms with Crippen LogP contribution in [0.25, 0.3) is 0 Å². The molecule has 0 bridgehead atoms. The fourth-order valence-electron chi connectivity index (χ4n) is 4.21. The van der Waals surface area contributed by atoms with Gasteiger partial charge in [0, 0.05) is 10.2 Å². The molecular formula is C22H24N8O8S2. The highest BCUT2D eigenvalue weighted by molar-refractivity contribution is 7.90. The highest BCUT2D eigenvalue weighted by Gasteiger charge is 2.29. The van der Waals surface area contributed by atoms with Crippen LogP contribution in [0.15, 0.2) is 46.7 Å². The van der Waals surface area contributed by atoms with E-state index in [0.717, 1.165) is 23.8 Å². The average Bonchev–Trinajstić information content (AvgIpc) is 3.49. The van der Waals surface area contributed by atoms with E-state index in [-0.39, 0.29) is 9.79 Å². The van der Waals surface area contributed by atoms with E-state index in [0.29, 0.717) is 30.4 Å². The van der Waals surface area contributed by atoms with Crippen molar-refractivity contribution in [2.24, 2.45) is 0 Å². The molecule has 2 aromatic heterocycles. The molecule has 0 aliphatic carbocycles. The molecule has 0 aliphatic heterocycles. The first-order chi connectivity index (χ1) is 18.5. The van der Waals surface area contributed by atoms with Gasteiger partial charge in [0.15, 0.2) is 0 Å². The largest absolute Gasteiger partial charge is 0.492 e. The van der Waals surface area contributed by atoms with Crippen molar-refractivity contribution in [2.75, 3.05) is 0 Å². The molecule has 0 saturated carbocycles. The Labute approximate surface area is 228 Å². The topological polar surface area (TPSA) is 216 Å². The Balaban J connectivity index is 0.000000220. The van der Waals surface area contributed by atoms with E-state index >= 15 is 0 Å². The first-order valence-electron chi connectivity index (χ1n) is 11.3. The van der Waals surface area contributed by atoms with Gasteiger partial charge in [-0.2, -0.15) is 16.8 Å².